The summed E-state index contributed by atoms with van der Waals surface area (Å²) >= 11 is 0. The van der Waals surface area contributed by atoms with Crippen LogP contribution in [0.1, 0.15) is 19.4 Å². The minimum absolute atomic E-state index is 0.357. The summed E-state index contributed by atoms with van der Waals surface area (Å²) in [4.78, 5) is 0. The highest BCUT2D eigenvalue weighted by Crippen LogP contribution is 2.51. The summed E-state index contributed by atoms with van der Waals surface area (Å²) in [6.45, 7) is 4.51. The van der Waals surface area contributed by atoms with Crippen molar-refractivity contribution in [3.8, 4) is 0 Å². The molecule has 13 heavy (non-hydrogen) atoms. The molecule has 1 aromatic carbocycles. The van der Waals surface area contributed by atoms with E-state index in [9.17, 15) is 0 Å². The van der Waals surface area contributed by atoms with Crippen molar-refractivity contribution in [2.75, 3.05) is 0 Å². The molecule has 1 nitrogen and oxygen atoms in total. The smallest absolute Gasteiger partial charge is 0.0131 e. The fourth-order valence-electron chi connectivity index (χ4n) is 2.04. The second-order valence-electron chi connectivity index (χ2n) is 4.64. The number of nitrogens with two attached hydrogens (primary N) is 1. The highest BCUT2D eigenvalue weighted by Gasteiger charge is 2.54. The molecular weight excluding hydrogens is 158 g/mol. The van der Waals surface area contributed by atoms with Gasteiger partial charge in [0.1, 0.15) is 0 Å². The maximum atomic E-state index is 5.99. The van der Waals surface area contributed by atoms with Crippen LogP contribution in [0.15, 0.2) is 30.3 Å². The Labute approximate surface area is 80.0 Å². The fraction of sp³-hybridized carbons (Fsp3) is 0.500. The van der Waals surface area contributed by atoms with Crippen LogP contribution in [0, 0.1) is 11.3 Å². The molecule has 0 amide bonds. The van der Waals surface area contributed by atoms with Crippen molar-refractivity contribution >= 4 is 0 Å². The first-order valence-corrected chi connectivity index (χ1v) is 4.92. The van der Waals surface area contributed by atoms with Crippen LogP contribution in [-0.2, 0) is 6.42 Å². The molecule has 0 radical (unpaired) electrons. The van der Waals surface area contributed by atoms with Crippen molar-refractivity contribution in [2.24, 2.45) is 17.1 Å². The normalized spacial score (nSPS) is 30.1. The van der Waals surface area contributed by atoms with Gasteiger partial charge < -0.3 is 5.73 Å². The third-order valence-electron chi connectivity index (χ3n) is 3.44. The van der Waals surface area contributed by atoms with Gasteiger partial charge in [-0.2, -0.15) is 0 Å². The lowest BCUT2D eigenvalue weighted by atomic mass is 10.0. The molecule has 0 bridgehead atoms. The van der Waals surface area contributed by atoms with Gasteiger partial charge in [-0.15, -0.1) is 0 Å². The van der Waals surface area contributed by atoms with Gasteiger partial charge in [0.2, 0.25) is 0 Å². The molecule has 1 aliphatic rings. The lowest BCUT2D eigenvalue weighted by molar-refractivity contribution is 0.551. The minimum atomic E-state index is 0.357. The van der Waals surface area contributed by atoms with Gasteiger partial charge in [0.15, 0.2) is 0 Å². The van der Waals surface area contributed by atoms with E-state index in [0.29, 0.717) is 17.4 Å². The molecule has 70 valence electrons. The molecule has 1 fully saturated rings. The van der Waals surface area contributed by atoms with Gasteiger partial charge in [-0.25, -0.2) is 0 Å². The van der Waals surface area contributed by atoms with Crippen molar-refractivity contribution < 1.29 is 0 Å². The first-order chi connectivity index (χ1) is 6.12. The average molecular weight is 175 g/mol. The molecule has 0 saturated heterocycles. The van der Waals surface area contributed by atoms with Crippen LogP contribution in [0.5, 0.6) is 0 Å². The summed E-state index contributed by atoms with van der Waals surface area (Å²) in [5.41, 5.74) is 7.76. The Morgan fingerprint density at radius 3 is 2.23 bits per heavy atom. The molecule has 0 unspecified atom stereocenters. The van der Waals surface area contributed by atoms with Crippen molar-refractivity contribution in [3.63, 3.8) is 0 Å². The van der Waals surface area contributed by atoms with E-state index < -0.39 is 0 Å². The van der Waals surface area contributed by atoms with Crippen molar-refractivity contribution in [3.05, 3.63) is 35.9 Å². The molecule has 1 heteroatoms. The molecule has 2 atom stereocenters. The third kappa shape index (κ3) is 1.49. The van der Waals surface area contributed by atoms with E-state index in [4.69, 9.17) is 5.73 Å². The topological polar surface area (TPSA) is 26.0 Å². The van der Waals surface area contributed by atoms with Crippen LogP contribution in [-0.4, -0.2) is 6.04 Å². The lowest BCUT2D eigenvalue weighted by Gasteiger charge is -2.01. The fourth-order valence-corrected chi connectivity index (χ4v) is 2.04. The highest BCUT2D eigenvalue weighted by atomic mass is 14.8. The lowest BCUT2D eigenvalue weighted by Crippen LogP contribution is -2.06. The number of rotatable bonds is 2. The van der Waals surface area contributed by atoms with Crippen LogP contribution in [0.25, 0.3) is 0 Å². The summed E-state index contributed by atoms with van der Waals surface area (Å²) in [6, 6.07) is 11.0. The van der Waals surface area contributed by atoms with Crippen LogP contribution in [0.4, 0.5) is 0 Å². The summed E-state index contributed by atoms with van der Waals surface area (Å²) in [5, 5.41) is 0. The second-order valence-corrected chi connectivity index (χ2v) is 4.64. The van der Waals surface area contributed by atoms with E-state index in [1.807, 2.05) is 0 Å². The Kier molecular flexibility index (Phi) is 1.92. The largest absolute Gasteiger partial charge is 0.327 e. The summed E-state index contributed by atoms with van der Waals surface area (Å²) in [6.07, 6.45) is 1.13. The number of benzene rings is 1. The third-order valence-corrected chi connectivity index (χ3v) is 3.44. The summed E-state index contributed by atoms with van der Waals surface area (Å²) in [5.74, 6) is 0.676. The van der Waals surface area contributed by atoms with E-state index in [1.54, 1.807) is 0 Å². The number of hydrogen-bond acceptors (Lipinski definition) is 1. The van der Waals surface area contributed by atoms with Crippen LogP contribution in [0.2, 0.25) is 0 Å². The predicted molar refractivity (Wildman–Crippen MR) is 55.4 cm³/mol. The Bertz CT molecular complexity index is 289. The van der Waals surface area contributed by atoms with Crippen LogP contribution >= 0.6 is 0 Å². The van der Waals surface area contributed by atoms with E-state index in [0.717, 1.165) is 6.42 Å². The van der Waals surface area contributed by atoms with Gasteiger partial charge in [0.25, 0.3) is 0 Å². The Hall–Kier alpha value is -0.820. The molecule has 1 aromatic rings. The molecule has 2 rings (SSSR count). The Morgan fingerprint density at radius 1 is 1.23 bits per heavy atom. The molecule has 2 N–H and O–H groups in total. The zero-order valence-corrected chi connectivity index (χ0v) is 8.33. The zero-order chi connectivity index (χ0) is 9.47. The van der Waals surface area contributed by atoms with Gasteiger partial charge in [-0.3, -0.25) is 0 Å². The monoisotopic (exact) mass is 175 g/mol. The Balaban J connectivity index is 2.02. The quantitative estimate of drug-likeness (QED) is 0.732. The molecule has 1 aliphatic carbocycles. The summed E-state index contributed by atoms with van der Waals surface area (Å²) in [7, 11) is 0. The van der Waals surface area contributed by atoms with Crippen molar-refractivity contribution in [1.82, 2.24) is 0 Å². The van der Waals surface area contributed by atoms with Gasteiger partial charge >= 0.3 is 0 Å². The first-order valence-electron chi connectivity index (χ1n) is 4.92. The first kappa shape index (κ1) is 8.76. The average Bonchev–Trinajstić information content (AvgIpc) is 2.57. The van der Waals surface area contributed by atoms with Crippen molar-refractivity contribution in [2.45, 2.75) is 26.3 Å². The van der Waals surface area contributed by atoms with Crippen LogP contribution in [0.3, 0.4) is 0 Å². The summed E-state index contributed by atoms with van der Waals surface area (Å²) < 4.78 is 0. The minimum Gasteiger partial charge on any atom is -0.327 e. The predicted octanol–water partition coefficient (Wildman–Crippen LogP) is 2.21. The molecule has 0 aliphatic heterocycles. The molecule has 1 saturated carbocycles. The zero-order valence-electron chi connectivity index (χ0n) is 8.33. The van der Waals surface area contributed by atoms with Gasteiger partial charge in [-0.05, 0) is 23.3 Å². The molecular formula is C12H17N. The highest BCUT2D eigenvalue weighted by molar-refractivity contribution is 5.21. The van der Waals surface area contributed by atoms with E-state index in [1.165, 1.54) is 5.56 Å². The molecule has 0 aromatic heterocycles. The number of hydrogen-bond donors (Lipinski definition) is 1. The Morgan fingerprint density at radius 2 is 1.77 bits per heavy atom. The van der Waals surface area contributed by atoms with E-state index in [-0.39, 0.29) is 0 Å². The van der Waals surface area contributed by atoms with E-state index in [2.05, 4.69) is 44.2 Å². The van der Waals surface area contributed by atoms with Crippen LogP contribution < -0.4 is 5.73 Å². The SMILES string of the molecule is CC1(C)[C@H](N)[C@H]1Cc1ccccc1. The second kappa shape index (κ2) is 2.85. The van der Waals surface area contributed by atoms with Crippen molar-refractivity contribution in [1.29, 1.82) is 0 Å². The van der Waals surface area contributed by atoms with E-state index >= 15 is 0 Å². The maximum absolute atomic E-state index is 5.99. The molecule has 0 spiro atoms. The maximum Gasteiger partial charge on any atom is 0.0131 e. The standard InChI is InChI=1S/C12H17N/c1-12(2)10(11(12)13)8-9-6-4-3-5-7-9/h3-7,10-11H,8,13H2,1-2H3/t10-,11-/m1/s1. The van der Waals surface area contributed by atoms with Gasteiger partial charge in [0, 0.05) is 6.04 Å². The molecule has 0 heterocycles. The van der Waals surface area contributed by atoms with Gasteiger partial charge in [-0.1, -0.05) is 44.2 Å². The van der Waals surface area contributed by atoms with Gasteiger partial charge in [0.05, 0.1) is 0 Å².